The predicted octanol–water partition coefficient (Wildman–Crippen LogP) is 2.58. The molecular formula is C19H26N2O3. The van der Waals surface area contributed by atoms with Crippen molar-refractivity contribution in [2.24, 2.45) is 0 Å². The van der Waals surface area contributed by atoms with Crippen LogP contribution in [0.15, 0.2) is 24.3 Å². The summed E-state index contributed by atoms with van der Waals surface area (Å²) in [7, 11) is 2.05. The molecule has 1 saturated heterocycles. The van der Waals surface area contributed by atoms with Gasteiger partial charge in [-0.05, 0) is 37.9 Å². The molecule has 0 unspecified atom stereocenters. The molecule has 1 N–H and O–H groups in total. The van der Waals surface area contributed by atoms with E-state index in [-0.39, 0.29) is 5.91 Å². The number of benzene rings is 1. The van der Waals surface area contributed by atoms with Crippen LogP contribution in [0.3, 0.4) is 0 Å². The number of carboxylic acid groups (broad SMARTS) is 1. The van der Waals surface area contributed by atoms with Crippen LogP contribution in [0.25, 0.3) is 0 Å². The molecule has 3 rings (SSSR count). The van der Waals surface area contributed by atoms with E-state index < -0.39 is 17.4 Å². The summed E-state index contributed by atoms with van der Waals surface area (Å²) in [6.45, 7) is 4.37. The normalized spacial score (nSPS) is 23.3. The number of likely N-dealkylation sites (tertiary alicyclic amines) is 1. The van der Waals surface area contributed by atoms with Gasteiger partial charge >= 0.3 is 5.97 Å². The number of carbonyl (C=O) groups excluding carboxylic acids is 1. The Morgan fingerprint density at radius 2 is 1.96 bits per heavy atom. The first-order valence-corrected chi connectivity index (χ1v) is 8.83. The molecule has 0 aromatic heterocycles. The molecule has 1 atom stereocenters. The zero-order chi connectivity index (χ0) is 17.3. The van der Waals surface area contributed by atoms with Crippen LogP contribution in [0.2, 0.25) is 0 Å². The highest BCUT2D eigenvalue weighted by atomic mass is 16.4. The number of rotatable bonds is 4. The molecule has 1 aromatic rings. The third-order valence-corrected chi connectivity index (χ3v) is 5.66. The minimum atomic E-state index is -0.819. The molecule has 2 heterocycles. The Hall–Kier alpha value is -1.88. The van der Waals surface area contributed by atoms with Gasteiger partial charge in [-0.25, -0.2) is 0 Å². The van der Waals surface area contributed by atoms with Gasteiger partial charge in [-0.1, -0.05) is 31.5 Å². The molecule has 1 spiro atoms. The van der Waals surface area contributed by atoms with Crippen LogP contribution in [0.5, 0.6) is 0 Å². The third kappa shape index (κ3) is 2.61. The second kappa shape index (κ2) is 6.55. The first-order valence-electron chi connectivity index (χ1n) is 8.83. The summed E-state index contributed by atoms with van der Waals surface area (Å²) in [6, 6.07) is 7.25. The summed E-state index contributed by atoms with van der Waals surface area (Å²) in [6.07, 6.45) is 3.31. The molecule has 1 amide bonds. The molecule has 130 valence electrons. The largest absolute Gasteiger partial charge is 0.481 e. The van der Waals surface area contributed by atoms with Crippen LogP contribution in [0.4, 0.5) is 0 Å². The number of piperidine rings is 1. The molecule has 1 fully saturated rings. The fraction of sp³-hybridized carbons (Fsp3) is 0.579. The first kappa shape index (κ1) is 17.0. The average Bonchev–Trinajstić information content (AvgIpc) is 2.57. The van der Waals surface area contributed by atoms with Crippen molar-refractivity contribution in [1.29, 1.82) is 0 Å². The average molecular weight is 330 g/mol. The van der Waals surface area contributed by atoms with Gasteiger partial charge in [0.15, 0.2) is 0 Å². The molecule has 5 nitrogen and oxygen atoms in total. The zero-order valence-corrected chi connectivity index (χ0v) is 14.5. The lowest BCUT2D eigenvalue weighted by Gasteiger charge is -2.54. The second-order valence-electron chi connectivity index (χ2n) is 7.08. The van der Waals surface area contributed by atoms with Gasteiger partial charge < -0.3 is 14.9 Å². The molecule has 2 aliphatic rings. The summed E-state index contributed by atoms with van der Waals surface area (Å²) < 4.78 is 0. The Bertz CT molecular complexity index is 635. The van der Waals surface area contributed by atoms with Gasteiger partial charge in [0.1, 0.15) is 5.92 Å². The molecule has 0 bridgehead atoms. The topological polar surface area (TPSA) is 60.9 Å². The fourth-order valence-electron chi connectivity index (χ4n) is 4.30. The van der Waals surface area contributed by atoms with E-state index >= 15 is 0 Å². The zero-order valence-electron chi connectivity index (χ0n) is 14.5. The van der Waals surface area contributed by atoms with E-state index in [0.29, 0.717) is 30.5 Å². The third-order valence-electron chi connectivity index (χ3n) is 5.66. The van der Waals surface area contributed by atoms with Crippen molar-refractivity contribution in [2.75, 3.05) is 26.7 Å². The summed E-state index contributed by atoms with van der Waals surface area (Å²) in [5, 5.41) is 10.0. The van der Waals surface area contributed by atoms with Crippen molar-refractivity contribution in [1.82, 2.24) is 9.80 Å². The van der Waals surface area contributed by atoms with E-state index in [1.165, 1.54) is 0 Å². The highest BCUT2D eigenvalue weighted by Gasteiger charge is 2.55. The Balaban J connectivity index is 2.13. The minimum absolute atomic E-state index is 0.00102. The SMILES string of the molecule is CCCCN1C(=O)c2ccccc2[C@@H](C(=O)O)C12CCN(C)CC2. The van der Waals surface area contributed by atoms with E-state index in [2.05, 4.69) is 18.9 Å². The van der Waals surface area contributed by atoms with Crippen LogP contribution < -0.4 is 0 Å². The Morgan fingerprint density at radius 1 is 1.29 bits per heavy atom. The standard InChI is InChI=1S/C19H26N2O3/c1-3-4-11-21-17(22)15-8-6-5-7-14(15)16(18(23)24)19(21)9-12-20(2)13-10-19/h5-8,16H,3-4,9-13H2,1-2H3,(H,23,24)/t16-/m0/s1. The summed E-state index contributed by atoms with van der Waals surface area (Å²) in [5.41, 5.74) is 0.650. The molecule has 0 aliphatic carbocycles. The maximum absolute atomic E-state index is 13.2. The lowest BCUT2D eigenvalue weighted by molar-refractivity contribution is -0.144. The quantitative estimate of drug-likeness (QED) is 0.922. The molecule has 0 saturated carbocycles. The van der Waals surface area contributed by atoms with Crippen LogP contribution in [0, 0.1) is 0 Å². The number of fused-ring (bicyclic) bond motifs is 1. The molecule has 0 radical (unpaired) electrons. The van der Waals surface area contributed by atoms with Gasteiger partial charge in [-0.2, -0.15) is 0 Å². The number of hydrogen-bond donors (Lipinski definition) is 1. The number of amides is 1. The number of aliphatic carboxylic acids is 1. The van der Waals surface area contributed by atoms with E-state index in [4.69, 9.17) is 0 Å². The minimum Gasteiger partial charge on any atom is -0.481 e. The van der Waals surface area contributed by atoms with Gasteiger partial charge in [0.25, 0.3) is 5.91 Å². The lowest BCUT2D eigenvalue weighted by atomic mass is 9.67. The molecule has 5 heteroatoms. The van der Waals surface area contributed by atoms with Crippen molar-refractivity contribution in [2.45, 2.75) is 44.1 Å². The van der Waals surface area contributed by atoms with Crippen molar-refractivity contribution < 1.29 is 14.7 Å². The van der Waals surface area contributed by atoms with E-state index in [0.717, 1.165) is 25.9 Å². The van der Waals surface area contributed by atoms with Crippen LogP contribution in [0.1, 0.15) is 54.4 Å². The van der Waals surface area contributed by atoms with E-state index in [1.807, 2.05) is 23.1 Å². The van der Waals surface area contributed by atoms with Gasteiger partial charge in [0, 0.05) is 25.2 Å². The van der Waals surface area contributed by atoms with Gasteiger partial charge in [0.2, 0.25) is 0 Å². The van der Waals surface area contributed by atoms with Crippen LogP contribution >= 0.6 is 0 Å². The number of nitrogens with zero attached hydrogens (tertiary/aromatic N) is 2. The van der Waals surface area contributed by atoms with Gasteiger partial charge in [-0.3, -0.25) is 9.59 Å². The lowest BCUT2D eigenvalue weighted by Crippen LogP contribution is -2.64. The van der Waals surface area contributed by atoms with Crippen molar-refractivity contribution in [3.63, 3.8) is 0 Å². The van der Waals surface area contributed by atoms with Crippen molar-refractivity contribution in [3.05, 3.63) is 35.4 Å². The predicted molar refractivity (Wildman–Crippen MR) is 92.2 cm³/mol. The molecule has 1 aromatic carbocycles. The maximum atomic E-state index is 13.2. The summed E-state index contributed by atoms with van der Waals surface area (Å²) in [4.78, 5) is 29.5. The maximum Gasteiger partial charge on any atom is 0.313 e. The van der Waals surface area contributed by atoms with Crippen LogP contribution in [-0.4, -0.2) is 59.0 Å². The number of carbonyl (C=O) groups is 2. The second-order valence-corrected chi connectivity index (χ2v) is 7.08. The monoisotopic (exact) mass is 330 g/mol. The van der Waals surface area contributed by atoms with Crippen molar-refractivity contribution in [3.8, 4) is 0 Å². The fourth-order valence-corrected chi connectivity index (χ4v) is 4.30. The Labute approximate surface area is 143 Å². The van der Waals surface area contributed by atoms with Gasteiger partial charge in [-0.15, -0.1) is 0 Å². The molecular weight excluding hydrogens is 304 g/mol. The highest BCUT2D eigenvalue weighted by Crippen LogP contribution is 2.47. The number of hydrogen-bond acceptors (Lipinski definition) is 3. The Morgan fingerprint density at radius 3 is 2.58 bits per heavy atom. The number of unbranched alkanes of at least 4 members (excludes halogenated alkanes) is 1. The highest BCUT2D eigenvalue weighted by molar-refractivity contribution is 6.01. The van der Waals surface area contributed by atoms with E-state index in [9.17, 15) is 14.7 Å². The van der Waals surface area contributed by atoms with Crippen LogP contribution in [-0.2, 0) is 4.79 Å². The smallest absolute Gasteiger partial charge is 0.313 e. The molecule has 24 heavy (non-hydrogen) atoms. The van der Waals surface area contributed by atoms with Gasteiger partial charge in [0.05, 0.1) is 5.54 Å². The summed E-state index contributed by atoms with van der Waals surface area (Å²) in [5.74, 6) is -1.46. The molecule has 2 aliphatic heterocycles. The van der Waals surface area contributed by atoms with E-state index in [1.54, 1.807) is 6.07 Å². The first-order chi connectivity index (χ1) is 11.5. The Kier molecular flexibility index (Phi) is 4.63. The number of carboxylic acids is 1. The van der Waals surface area contributed by atoms with Crippen molar-refractivity contribution >= 4 is 11.9 Å². The summed E-state index contributed by atoms with van der Waals surface area (Å²) >= 11 is 0.